The minimum Gasteiger partial charge on any atom is -0.497 e. The smallest absolute Gasteiger partial charge is 0.294 e. The van der Waals surface area contributed by atoms with Crippen molar-refractivity contribution in [3.8, 4) is 16.6 Å². The molecule has 31 heavy (non-hydrogen) atoms. The fraction of sp³-hybridized carbons (Fsp3) is 0.217. The summed E-state index contributed by atoms with van der Waals surface area (Å²) < 4.78 is 24.4. The Morgan fingerprint density at radius 3 is 2.74 bits per heavy atom. The van der Waals surface area contributed by atoms with Crippen LogP contribution in [0.1, 0.15) is 23.8 Å². The van der Waals surface area contributed by atoms with E-state index in [4.69, 9.17) is 18.6 Å². The Kier molecular flexibility index (Phi) is 6.08. The zero-order valence-corrected chi connectivity index (χ0v) is 18.4. The molecule has 1 aromatic carbocycles. The molecule has 0 unspecified atom stereocenters. The molecule has 0 aliphatic heterocycles. The van der Waals surface area contributed by atoms with Crippen LogP contribution in [0.4, 0.5) is 0 Å². The third kappa shape index (κ3) is 4.49. The molecule has 0 radical (unpaired) electrons. The number of hydrogen-bond acceptors (Lipinski definition) is 7. The standard InChI is InChI=1S/C23H23N3O4S/c1-5-19-17(20(11-15(2)27-3)29-14-16-9-7-6-8-10-16)12-21(30-19)18-13-26-22(24-18)31-23(25-26)28-4/h6-13H,2,5,14H2,1,3-4H3/b20-11+. The number of methoxy groups -OCH3 is 2. The van der Waals surface area contributed by atoms with Crippen molar-refractivity contribution in [3.05, 3.63) is 77.9 Å². The first-order chi connectivity index (χ1) is 15.1. The van der Waals surface area contributed by atoms with Crippen LogP contribution in [0.2, 0.25) is 0 Å². The molecule has 0 aliphatic carbocycles. The van der Waals surface area contributed by atoms with Crippen LogP contribution in [0.25, 0.3) is 22.2 Å². The molecule has 7 nitrogen and oxygen atoms in total. The van der Waals surface area contributed by atoms with Gasteiger partial charge in [0.2, 0.25) is 4.96 Å². The SMILES string of the molecule is C=C(/C=C(/OCc1ccccc1)c1cc(-c2cn3nc(OC)sc3n2)oc1CC)OC. The second kappa shape index (κ2) is 9.09. The number of allylic oxidation sites excluding steroid dienone is 1. The molecule has 0 spiro atoms. The molecule has 0 bridgehead atoms. The van der Waals surface area contributed by atoms with Gasteiger partial charge in [-0.05, 0) is 23.0 Å². The molecule has 4 rings (SSSR count). The van der Waals surface area contributed by atoms with E-state index >= 15 is 0 Å². The zero-order valence-electron chi connectivity index (χ0n) is 17.6. The van der Waals surface area contributed by atoms with Gasteiger partial charge in [-0.25, -0.2) is 9.50 Å². The Labute approximate surface area is 184 Å². The average molecular weight is 438 g/mol. The Morgan fingerprint density at radius 1 is 1.26 bits per heavy atom. The molecule has 3 heterocycles. The highest BCUT2D eigenvalue weighted by Crippen LogP contribution is 2.33. The third-order valence-corrected chi connectivity index (χ3v) is 5.52. The maximum atomic E-state index is 6.16. The lowest BCUT2D eigenvalue weighted by Crippen LogP contribution is -1.96. The largest absolute Gasteiger partial charge is 0.497 e. The van der Waals surface area contributed by atoms with Crippen LogP contribution >= 0.6 is 11.3 Å². The molecule has 0 saturated heterocycles. The monoisotopic (exact) mass is 437 g/mol. The summed E-state index contributed by atoms with van der Waals surface area (Å²) in [5.74, 6) is 2.55. The van der Waals surface area contributed by atoms with Gasteiger partial charge in [0.15, 0.2) is 5.76 Å². The van der Waals surface area contributed by atoms with Gasteiger partial charge in [0.1, 0.15) is 29.6 Å². The number of nitrogens with zero attached hydrogens (tertiary/aromatic N) is 3. The summed E-state index contributed by atoms with van der Waals surface area (Å²) in [7, 11) is 3.16. The van der Waals surface area contributed by atoms with E-state index in [1.165, 1.54) is 11.3 Å². The zero-order chi connectivity index (χ0) is 21.8. The van der Waals surface area contributed by atoms with Crippen LogP contribution in [-0.2, 0) is 22.5 Å². The van der Waals surface area contributed by atoms with Gasteiger partial charge in [-0.15, -0.1) is 5.10 Å². The van der Waals surface area contributed by atoms with E-state index in [0.29, 0.717) is 41.2 Å². The Balaban J connectivity index is 1.68. The number of hydrogen-bond donors (Lipinski definition) is 0. The lowest BCUT2D eigenvalue weighted by Gasteiger charge is -2.11. The molecular weight excluding hydrogens is 414 g/mol. The van der Waals surface area contributed by atoms with Gasteiger partial charge in [0.05, 0.1) is 26.0 Å². The van der Waals surface area contributed by atoms with Gasteiger partial charge in [0.25, 0.3) is 5.19 Å². The van der Waals surface area contributed by atoms with Gasteiger partial charge >= 0.3 is 0 Å². The topological polar surface area (TPSA) is 71.0 Å². The summed E-state index contributed by atoms with van der Waals surface area (Å²) in [5.41, 5.74) is 2.59. The van der Waals surface area contributed by atoms with Crippen molar-refractivity contribution in [1.29, 1.82) is 0 Å². The minimum absolute atomic E-state index is 0.414. The van der Waals surface area contributed by atoms with E-state index in [9.17, 15) is 0 Å². The summed E-state index contributed by atoms with van der Waals surface area (Å²) in [4.78, 5) is 5.34. The number of fused-ring (bicyclic) bond motifs is 1. The highest BCUT2D eigenvalue weighted by Gasteiger charge is 2.19. The number of rotatable bonds is 9. The lowest BCUT2D eigenvalue weighted by molar-refractivity contribution is 0.258. The summed E-state index contributed by atoms with van der Waals surface area (Å²) in [6.07, 6.45) is 4.28. The van der Waals surface area contributed by atoms with Gasteiger partial charge < -0.3 is 18.6 Å². The summed E-state index contributed by atoms with van der Waals surface area (Å²) in [5, 5.41) is 4.88. The highest BCUT2D eigenvalue weighted by atomic mass is 32.1. The first-order valence-corrected chi connectivity index (χ1v) is 10.6. The summed E-state index contributed by atoms with van der Waals surface area (Å²) in [6, 6.07) is 11.9. The Hall–Kier alpha value is -3.52. The van der Waals surface area contributed by atoms with E-state index in [0.717, 1.165) is 21.8 Å². The van der Waals surface area contributed by atoms with Crippen LogP contribution in [0, 0.1) is 0 Å². The molecule has 0 atom stereocenters. The molecule has 0 fully saturated rings. The van der Waals surface area contributed by atoms with E-state index in [1.54, 1.807) is 24.8 Å². The van der Waals surface area contributed by atoms with E-state index in [-0.39, 0.29) is 0 Å². The maximum Gasteiger partial charge on any atom is 0.294 e. The van der Waals surface area contributed by atoms with Crippen molar-refractivity contribution in [2.24, 2.45) is 0 Å². The van der Waals surface area contributed by atoms with Crippen molar-refractivity contribution in [2.45, 2.75) is 20.0 Å². The van der Waals surface area contributed by atoms with Crippen molar-refractivity contribution in [1.82, 2.24) is 14.6 Å². The number of furan rings is 1. The van der Waals surface area contributed by atoms with Crippen LogP contribution in [0.5, 0.6) is 5.19 Å². The number of benzene rings is 1. The fourth-order valence-electron chi connectivity index (χ4n) is 3.05. The van der Waals surface area contributed by atoms with Gasteiger partial charge in [-0.2, -0.15) is 0 Å². The van der Waals surface area contributed by atoms with Crippen LogP contribution in [0.15, 0.2) is 65.4 Å². The highest BCUT2D eigenvalue weighted by molar-refractivity contribution is 7.18. The first kappa shape index (κ1) is 20.7. The number of aromatic nitrogens is 3. The second-order valence-corrected chi connectivity index (χ2v) is 7.60. The predicted molar refractivity (Wildman–Crippen MR) is 120 cm³/mol. The van der Waals surface area contributed by atoms with Crippen LogP contribution < -0.4 is 4.74 Å². The van der Waals surface area contributed by atoms with Crippen molar-refractivity contribution in [3.63, 3.8) is 0 Å². The summed E-state index contributed by atoms with van der Waals surface area (Å²) in [6.45, 7) is 6.35. The van der Waals surface area contributed by atoms with Gasteiger partial charge in [-0.3, -0.25) is 0 Å². The predicted octanol–water partition coefficient (Wildman–Crippen LogP) is 5.34. The normalized spacial score (nSPS) is 11.6. The van der Waals surface area contributed by atoms with E-state index in [2.05, 4.69) is 16.7 Å². The number of aryl methyl sites for hydroxylation is 1. The van der Waals surface area contributed by atoms with E-state index in [1.807, 2.05) is 49.5 Å². The molecule has 8 heteroatoms. The Morgan fingerprint density at radius 2 is 2.06 bits per heavy atom. The van der Waals surface area contributed by atoms with E-state index < -0.39 is 0 Å². The summed E-state index contributed by atoms with van der Waals surface area (Å²) >= 11 is 1.37. The molecule has 0 amide bonds. The van der Waals surface area contributed by atoms with Gasteiger partial charge in [0, 0.05) is 12.5 Å². The molecule has 4 aromatic rings. The van der Waals surface area contributed by atoms with Gasteiger partial charge in [-0.1, -0.05) is 43.8 Å². The molecule has 3 aromatic heterocycles. The third-order valence-electron chi connectivity index (χ3n) is 4.64. The lowest BCUT2D eigenvalue weighted by atomic mass is 10.1. The average Bonchev–Trinajstić information content (AvgIpc) is 3.49. The van der Waals surface area contributed by atoms with Crippen molar-refractivity contribution < 1.29 is 18.6 Å². The minimum atomic E-state index is 0.414. The van der Waals surface area contributed by atoms with Crippen molar-refractivity contribution >= 4 is 22.1 Å². The Bertz CT molecular complexity index is 1190. The molecule has 0 N–H and O–H groups in total. The first-order valence-electron chi connectivity index (χ1n) is 9.76. The van der Waals surface area contributed by atoms with Crippen molar-refractivity contribution in [2.75, 3.05) is 14.2 Å². The van der Waals surface area contributed by atoms with Crippen LogP contribution in [-0.4, -0.2) is 28.8 Å². The maximum absolute atomic E-state index is 6.16. The molecule has 160 valence electrons. The van der Waals surface area contributed by atoms with Crippen LogP contribution in [0.3, 0.4) is 0 Å². The second-order valence-electron chi connectivity index (χ2n) is 6.68. The molecular formula is C23H23N3O4S. The number of ether oxygens (including phenoxy) is 3. The molecule has 0 saturated carbocycles. The fourth-order valence-corrected chi connectivity index (χ4v) is 3.75. The quantitative estimate of drug-likeness (QED) is 0.260. The molecule has 0 aliphatic rings. The number of imidazole rings is 1.